The molecule has 0 radical (unpaired) electrons. The second-order valence-electron chi connectivity index (χ2n) is 6.79. The fourth-order valence-corrected chi connectivity index (χ4v) is 4.45. The van der Waals surface area contributed by atoms with Gasteiger partial charge in [-0.3, -0.25) is 4.98 Å². The van der Waals surface area contributed by atoms with Crippen LogP contribution < -0.4 is 9.62 Å². The Labute approximate surface area is 164 Å². The third kappa shape index (κ3) is 3.99. The van der Waals surface area contributed by atoms with Crippen molar-refractivity contribution in [2.24, 2.45) is 0 Å². The molecule has 1 fully saturated rings. The summed E-state index contributed by atoms with van der Waals surface area (Å²) in [6, 6.07) is 10.8. The van der Waals surface area contributed by atoms with E-state index in [0.29, 0.717) is 18.7 Å². The monoisotopic (exact) mass is 398 g/mol. The predicted octanol–water partition coefficient (Wildman–Crippen LogP) is 2.25. The normalized spacial score (nSPS) is 15.1. The van der Waals surface area contributed by atoms with Crippen LogP contribution in [0, 0.1) is 6.92 Å². The molecule has 1 aliphatic rings. The molecule has 1 N–H and O–H groups in total. The fourth-order valence-electron chi connectivity index (χ4n) is 3.25. The van der Waals surface area contributed by atoms with E-state index in [1.807, 2.05) is 31.2 Å². The molecule has 0 aliphatic carbocycles. The van der Waals surface area contributed by atoms with Crippen LogP contribution in [0.1, 0.15) is 11.1 Å². The molecular formula is C20H22N4O3S. The maximum Gasteiger partial charge on any atom is 0.243 e. The summed E-state index contributed by atoms with van der Waals surface area (Å²) < 4.78 is 33.9. The lowest BCUT2D eigenvalue weighted by Gasteiger charge is -2.28. The van der Waals surface area contributed by atoms with E-state index in [0.717, 1.165) is 35.4 Å². The molecular weight excluding hydrogens is 376 g/mol. The van der Waals surface area contributed by atoms with Gasteiger partial charge in [-0.25, -0.2) is 18.1 Å². The van der Waals surface area contributed by atoms with Crippen LogP contribution in [-0.2, 0) is 21.3 Å². The minimum absolute atomic E-state index is 0.185. The number of hydrogen-bond donors (Lipinski definition) is 1. The number of nitrogens with one attached hydrogen (secondary N) is 1. The highest BCUT2D eigenvalue weighted by Gasteiger charge is 2.19. The van der Waals surface area contributed by atoms with E-state index in [4.69, 9.17) is 4.74 Å². The number of para-hydroxylation sites is 1. The number of benzene rings is 1. The molecule has 0 amide bonds. The Morgan fingerprint density at radius 1 is 1.14 bits per heavy atom. The Hall–Kier alpha value is -2.55. The molecule has 0 saturated carbocycles. The first-order valence-electron chi connectivity index (χ1n) is 9.16. The summed E-state index contributed by atoms with van der Waals surface area (Å²) in [7, 11) is -3.70. The number of ether oxygens (including phenoxy) is 1. The topological polar surface area (TPSA) is 84.4 Å². The molecule has 1 aliphatic heterocycles. The Balaban J connectivity index is 1.55. The van der Waals surface area contributed by atoms with Gasteiger partial charge in [-0.15, -0.1) is 0 Å². The molecule has 1 aromatic carbocycles. The van der Waals surface area contributed by atoms with Gasteiger partial charge in [-0.2, -0.15) is 0 Å². The average molecular weight is 398 g/mol. The summed E-state index contributed by atoms with van der Waals surface area (Å²) in [5, 5.41) is 0.807. The maximum absolute atomic E-state index is 12.9. The van der Waals surface area contributed by atoms with Gasteiger partial charge in [0.15, 0.2) is 0 Å². The van der Waals surface area contributed by atoms with Crippen LogP contribution in [0.4, 0.5) is 5.82 Å². The van der Waals surface area contributed by atoms with Gasteiger partial charge in [0.25, 0.3) is 0 Å². The summed E-state index contributed by atoms with van der Waals surface area (Å²) in [4.78, 5) is 11.1. The van der Waals surface area contributed by atoms with Crippen molar-refractivity contribution >= 4 is 26.7 Å². The van der Waals surface area contributed by atoms with Crippen LogP contribution in [0.2, 0.25) is 0 Å². The van der Waals surface area contributed by atoms with Crippen molar-refractivity contribution in [3.8, 4) is 0 Å². The lowest BCUT2D eigenvalue weighted by Crippen LogP contribution is -2.36. The van der Waals surface area contributed by atoms with Crippen molar-refractivity contribution < 1.29 is 13.2 Å². The second kappa shape index (κ2) is 7.83. The first-order chi connectivity index (χ1) is 13.5. The van der Waals surface area contributed by atoms with Crippen molar-refractivity contribution in [3.05, 3.63) is 59.9 Å². The van der Waals surface area contributed by atoms with E-state index in [2.05, 4.69) is 19.6 Å². The molecule has 28 heavy (non-hydrogen) atoms. The molecule has 0 spiro atoms. The summed E-state index contributed by atoms with van der Waals surface area (Å²) in [5.74, 6) is 0.835. The third-order valence-corrected chi connectivity index (χ3v) is 6.14. The predicted molar refractivity (Wildman–Crippen MR) is 108 cm³/mol. The van der Waals surface area contributed by atoms with Crippen LogP contribution >= 0.6 is 0 Å². The molecule has 4 rings (SSSR count). The number of anilines is 1. The molecule has 0 bridgehead atoms. The summed E-state index contributed by atoms with van der Waals surface area (Å²) in [6.45, 7) is 5.02. The second-order valence-corrected chi connectivity index (χ2v) is 8.52. The highest BCUT2D eigenvalue weighted by molar-refractivity contribution is 7.89. The summed E-state index contributed by atoms with van der Waals surface area (Å²) in [6.07, 6.45) is 3.38. The molecule has 8 heteroatoms. The highest BCUT2D eigenvalue weighted by Crippen LogP contribution is 2.22. The van der Waals surface area contributed by atoms with Crippen LogP contribution in [-0.4, -0.2) is 44.7 Å². The van der Waals surface area contributed by atoms with E-state index in [1.54, 1.807) is 24.5 Å². The fraction of sp³-hybridized carbons (Fsp3) is 0.300. The van der Waals surface area contributed by atoms with Gasteiger partial charge in [-0.05, 0) is 42.3 Å². The van der Waals surface area contributed by atoms with Gasteiger partial charge >= 0.3 is 0 Å². The van der Waals surface area contributed by atoms with E-state index in [-0.39, 0.29) is 11.4 Å². The van der Waals surface area contributed by atoms with Crippen molar-refractivity contribution in [1.82, 2.24) is 14.7 Å². The first kappa shape index (κ1) is 18.8. The van der Waals surface area contributed by atoms with Gasteiger partial charge in [0, 0.05) is 37.4 Å². The molecule has 0 unspecified atom stereocenters. The van der Waals surface area contributed by atoms with Gasteiger partial charge < -0.3 is 9.64 Å². The quantitative estimate of drug-likeness (QED) is 0.710. The number of hydrogen-bond acceptors (Lipinski definition) is 6. The Kier molecular flexibility index (Phi) is 5.25. The molecule has 1 saturated heterocycles. The summed E-state index contributed by atoms with van der Waals surface area (Å²) >= 11 is 0. The average Bonchev–Trinajstić information content (AvgIpc) is 2.72. The minimum atomic E-state index is -3.70. The zero-order chi connectivity index (χ0) is 19.6. The van der Waals surface area contributed by atoms with E-state index in [9.17, 15) is 8.42 Å². The van der Waals surface area contributed by atoms with Crippen LogP contribution in [0.15, 0.2) is 53.7 Å². The van der Waals surface area contributed by atoms with Gasteiger partial charge in [-0.1, -0.05) is 12.1 Å². The van der Waals surface area contributed by atoms with Crippen molar-refractivity contribution in [3.63, 3.8) is 0 Å². The highest BCUT2D eigenvalue weighted by atomic mass is 32.2. The molecule has 7 nitrogen and oxygen atoms in total. The van der Waals surface area contributed by atoms with Crippen LogP contribution in [0.25, 0.3) is 10.9 Å². The zero-order valence-corrected chi connectivity index (χ0v) is 16.4. The third-order valence-electron chi connectivity index (χ3n) is 4.71. The molecule has 146 valence electrons. The van der Waals surface area contributed by atoms with Gasteiger partial charge in [0.05, 0.1) is 18.7 Å². The zero-order valence-electron chi connectivity index (χ0n) is 15.6. The number of aryl methyl sites for hydroxylation is 1. The van der Waals surface area contributed by atoms with Gasteiger partial charge in [0.2, 0.25) is 10.0 Å². The lowest BCUT2D eigenvalue weighted by molar-refractivity contribution is 0.122. The Morgan fingerprint density at radius 2 is 1.96 bits per heavy atom. The van der Waals surface area contributed by atoms with Crippen LogP contribution in [0.5, 0.6) is 0 Å². The van der Waals surface area contributed by atoms with Crippen molar-refractivity contribution in [2.45, 2.75) is 18.4 Å². The number of rotatable bonds is 5. The molecule has 3 aromatic rings. The number of aromatic nitrogens is 2. The number of pyridine rings is 2. The van der Waals surface area contributed by atoms with E-state index < -0.39 is 10.0 Å². The van der Waals surface area contributed by atoms with Gasteiger partial charge in [0.1, 0.15) is 10.7 Å². The summed E-state index contributed by atoms with van der Waals surface area (Å²) in [5.41, 5.74) is 2.32. The van der Waals surface area contributed by atoms with E-state index in [1.165, 1.54) is 0 Å². The first-order valence-corrected chi connectivity index (χ1v) is 10.6. The van der Waals surface area contributed by atoms with Crippen LogP contribution in [0.3, 0.4) is 0 Å². The standard InChI is InChI=1S/C20H22N4O3S/c1-15-11-17-3-2-4-18(20(17)22-13-15)28(25,26)23-14-16-5-6-21-19(12-16)24-7-9-27-10-8-24/h2-6,11-13,23H,7-10,14H2,1H3. The van der Waals surface area contributed by atoms with Crippen molar-refractivity contribution in [2.75, 3.05) is 31.2 Å². The smallest absolute Gasteiger partial charge is 0.243 e. The van der Waals surface area contributed by atoms with Crippen molar-refractivity contribution in [1.29, 1.82) is 0 Å². The Morgan fingerprint density at radius 3 is 2.79 bits per heavy atom. The maximum atomic E-state index is 12.9. The molecule has 0 atom stereocenters. The number of morpholine rings is 1. The SMILES string of the molecule is Cc1cnc2c(S(=O)(=O)NCc3ccnc(N4CCOCC4)c3)cccc2c1. The Bertz CT molecular complexity index is 1100. The molecule has 3 heterocycles. The minimum Gasteiger partial charge on any atom is -0.378 e. The number of nitrogens with zero attached hydrogens (tertiary/aromatic N) is 3. The number of sulfonamides is 1. The van der Waals surface area contributed by atoms with E-state index >= 15 is 0 Å². The lowest BCUT2D eigenvalue weighted by atomic mass is 10.2. The molecule has 2 aromatic heterocycles. The number of fused-ring (bicyclic) bond motifs is 1. The largest absolute Gasteiger partial charge is 0.378 e.